The molecule has 7 nitrogen and oxygen atoms in total. The van der Waals surface area contributed by atoms with Crippen LogP contribution in [0.25, 0.3) is 0 Å². The van der Waals surface area contributed by atoms with Gasteiger partial charge in [0.1, 0.15) is 0 Å². The molecule has 0 bridgehead atoms. The van der Waals surface area contributed by atoms with Gasteiger partial charge in [-0.15, -0.1) is 0 Å². The van der Waals surface area contributed by atoms with Crippen LogP contribution >= 0.6 is 40.1 Å². The van der Waals surface area contributed by atoms with Gasteiger partial charge in [0.25, 0.3) is 5.24 Å². The van der Waals surface area contributed by atoms with Gasteiger partial charge in [0, 0.05) is 6.61 Å². The Morgan fingerprint density at radius 2 is 2.33 bits per heavy atom. The molecule has 0 amide bonds. The molecule has 2 N–H and O–H groups in total. The first-order valence-corrected chi connectivity index (χ1v) is 9.49. The minimum absolute atomic E-state index is 0.0238. The van der Waals surface area contributed by atoms with Crippen molar-refractivity contribution >= 4 is 67.2 Å². The van der Waals surface area contributed by atoms with Crippen molar-refractivity contribution in [2.75, 3.05) is 6.61 Å². The molecule has 0 aromatic rings. The first-order valence-electron chi connectivity index (χ1n) is 4.46. The summed E-state index contributed by atoms with van der Waals surface area (Å²) in [4.78, 5) is 11.1. The number of halogens is 3. The van der Waals surface area contributed by atoms with E-state index in [1.54, 1.807) is 6.92 Å². The van der Waals surface area contributed by atoms with Crippen molar-refractivity contribution in [2.24, 2.45) is 9.16 Å². The Labute approximate surface area is 120 Å². The molecule has 1 rings (SSSR count). The summed E-state index contributed by atoms with van der Waals surface area (Å²) in [6.07, 6.45) is -1.13. The molecule has 18 heavy (non-hydrogen) atoms. The van der Waals surface area contributed by atoms with Gasteiger partial charge in [0.15, 0.2) is 11.9 Å². The summed E-state index contributed by atoms with van der Waals surface area (Å²) in [6.45, 7) is 1.90. The number of ether oxygens (including phenoxy) is 1. The lowest BCUT2D eigenvalue weighted by atomic mass is 10.3. The number of hydrogen-bond acceptors (Lipinski definition) is 4. The van der Waals surface area contributed by atoms with Crippen molar-refractivity contribution < 1.29 is 14.1 Å². The molecule has 1 aliphatic heterocycles. The van der Waals surface area contributed by atoms with E-state index < -0.39 is 28.2 Å². The number of carbonyl (C=O) groups excluding carboxylic acids is 1. The van der Waals surface area contributed by atoms with Crippen molar-refractivity contribution in [1.82, 2.24) is 5.32 Å². The summed E-state index contributed by atoms with van der Waals surface area (Å²) in [6, 6.07) is 0. The van der Waals surface area contributed by atoms with Crippen LogP contribution in [0.1, 0.15) is 6.92 Å². The molecular weight excluding hydrogens is 345 g/mol. The lowest BCUT2D eigenvalue weighted by molar-refractivity contribution is -0.118. The minimum atomic E-state index is -3.72. The Bertz CT molecular complexity index is 490. The zero-order valence-corrected chi connectivity index (χ0v) is 12.9. The average molecular weight is 354 g/mol. The fourth-order valence-electron chi connectivity index (χ4n) is 1.02. The van der Waals surface area contributed by atoms with Crippen molar-refractivity contribution in [3.05, 3.63) is 0 Å². The molecule has 0 spiro atoms. The van der Waals surface area contributed by atoms with Gasteiger partial charge < -0.3 is 10.1 Å². The highest BCUT2D eigenvalue weighted by Crippen LogP contribution is 2.58. The number of nitrogens with zero attached hydrogens (tertiary/aromatic N) is 2. The smallest absolute Gasteiger partial charge is 0.361 e. The van der Waals surface area contributed by atoms with E-state index in [0.29, 0.717) is 0 Å². The van der Waals surface area contributed by atoms with E-state index in [-0.39, 0.29) is 17.6 Å². The monoisotopic (exact) mass is 352 g/mol. The Balaban J connectivity index is 2.94. The third-order valence-corrected chi connectivity index (χ3v) is 3.76. The largest absolute Gasteiger partial charge is 0.366 e. The molecule has 12 heteroatoms. The molecule has 0 saturated heterocycles. The van der Waals surface area contributed by atoms with Crippen LogP contribution in [0.2, 0.25) is 0 Å². The van der Waals surface area contributed by atoms with E-state index in [4.69, 9.17) is 43.6 Å². The minimum Gasteiger partial charge on any atom is -0.361 e. The summed E-state index contributed by atoms with van der Waals surface area (Å²) in [7, 11) is -1.48. The maximum atomic E-state index is 11.1. The fourth-order valence-corrected chi connectivity index (χ4v) is 3.45. The van der Waals surface area contributed by atoms with E-state index in [1.807, 2.05) is 0 Å². The van der Waals surface area contributed by atoms with Gasteiger partial charge in [-0.25, -0.2) is 0 Å². The van der Waals surface area contributed by atoms with Crippen LogP contribution in [-0.4, -0.2) is 29.0 Å². The topological polar surface area (TPSA) is 104 Å². The van der Waals surface area contributed by atoms with Gasteiger partial charge in [0.05, 0.1) is 10.9 Å². The molecule has 0 radical (unpaired) electrons. The Kier molecular flexibility index (Phi) is 5.76. The SMILES string of the molecule is CCOC(C(=O)Cl)C1=NS(=N)C(=NP(=O)(Cl)Cl)N1. The van der Waals surface area contributed by atoms with Crippen molar-refractivity contribution in [2.45, 2.75) is 13.0 Å². The van der Waals surface area contributed by atoms with Gasteiger partial charge in [0.2, 0.25) is 5.17 Å². The van der Waals surface area contributed by atoms with E-state index in [9.17, 15) is 9.36 Å². The zero-order chi connectivity index (χ0) is 13.9. The van der Waals surface area contributed by atoms with Crippen molar-refractivity contribution in [3.63, 3.8) is 0 Å². The third-order valence-electron chi connectivity index (χ3n) is 1.60. The van der Waals surface area contributed by atoms with Crippen LogP contribution in [0.15, 0.2) is 9.16 Å². The molecule has 0 aliphatic carbocycles. The second-order valence-corrected chi connectivity index (χ2v) is 8.71. The van der Waals surface area contributed by atoms with Crippen molar-refractivity contribution in [3.8, 4) is 0 Å². The van der Waals surface area contributed by atoms with E-state index >= 15 is 0 Å². The zero-order valence-electron chi connectivity index (χ0n) is 8.89. The average Bonchev–Trinajstić information content (AvgIpc) is 2.53. The van der Waals surface area contributed by atoms with Gasteiger partial charge in [-0.3, -0.25) is 14.1 Å². The molecule has 2 atom stereocenters. The first kappa shape index (κ1) is 16.1. The highest BCUT2D eigenvalue weighted by atomic mass is 35.9. The van der Waals surface area contributed by atoms with E-state index in [2.05, 4.69) is 14.5 Å². The Hall–Kier alpha value is 0.0200. The maximum absolute atomic E-state index is 11.1. The lowest BCUT2D eigenvalue weighted by Crippen LogP contribution is -2.39. The van der Waals surface area contributed by atoms with Gasteiger partial charge in [-0.1, -0.05) is 0 Å². The molecule has 1 aliphatic rings. The van der Waals surface area contributed by atoms with Crippen LogP contribution in [0.5, 0.6) is 0 Å². The Morgan fingerprint density at radius 1 is 1.72 bits per heavy atom. The maximum Gasteiger partial charge on any atom is 0.366 e. The van der Waals surface area contributed by atoms with E-state index in [1.165, 1.54) is 0 Å². The van der Waals surface area contributed by atoms with E-state index in [0.717, 1.165) is 0 Å². The molecule has 102 valence electrons. The summed E-state index contributed by atoms with van der Waals surface area (Å²) in [5.74, 6) is -3.70. The number of amidine groups is 2. The van der Waals surface area contributed by atoms with Crippen LogP contribution in [0.3, 0.4) is 0 Å². The number of rotatable bonds is 5. The summed E-state index contributed by atoms with van der Waals surface area (Å²) in [5, 5.41) is 1.63. The molecule has 1 heterocycles. The van der Waals surface area contributed by atoms with Gasteiger partial charge in [-0.05, 0) is 41.0 Å². The molecule has 2 unspecified atom stereocenters. The molecular formula is C6H8Cl3N4O3PS. The predicted octanol–water partition coefficient (Wildman–Crippen LogP) is 2.40. The predicted molar refractivity (Wildman–Crippen MR) is 73.7 cm³/mol. The van der Waals surface area contributed by atoms with Crippen molar-refractivity contribution in [1.29, 1.82) is 4.78 Å². The molecule has 0 saturated carbocycles. The molecule has 0 aromatic heterocycles. The summed E-state index contributed by atoms with van der Waals surface area (Å²) < 4.78 is 31.0. The number of hydrogen-bond donors (Lipinski definition) is 2. The quantitative estimate of drug-likeness (QED) is 0.585. The second-order valence-electron chi connectivity index (χ2n) is 2.87. The highest BCUT2D eigenvalue weighted by molar-refractivity contribution is 8.09. The fraction of sp³-hybridized carbons (Fsp3) is 0.500. The lowest BCUT2D eigenvalue weighted by Gasteiger charge is -2.11. The van der Waals surface area contributed by atoms with Crippen LogP contribution < -0.4 is 5.32 Å². The van der Waals surface area contributed by atoms with Gasteiger partial charge >= 0.3 is 6.00 Å². The Morgan fingerprint density at radius 3 is 2.78 bits per heavy atom. The van der Waals surface area contributed by atoms with Crippen LogP contribution in [0, 0.1) is 4.78 Å². The molecule has 0 fully saturated rings. The highest BCUT2D eigenvalue weighted by Gasteiger charge is 2.31. The number of carbonyl (C=O) groups is 1. The van der Waals surface area contributed by atoms with Gasteiger partial charge in [-0.2, -0.15) is 9.16 Å². The van der Waals surface area contributed by atoms with Crippen LogP contribution in [0.4, 0.5) is 0 Å². The summed E-state index contributed by atoms with van der Waals surface area (Å²) >= 11 is 15.9. The molecule has 0 aromatic carbocycles. The first-order chi connectivity index (χ1) is 8.24. The van der Waals surface area contributed by atoms with Crippen LogP contribution in [-0.2, 0) is 25.0 Å². The standard InChI is InChI=1S/C6H8Cl3N4O3PS/c1-2-16-3(4(7)14)5-11-6(18(10)13-5)12-17(8,9)15/h3,10H,2H2,1H3,(H,11,12,13,15). The summed E-state index contributed by atoms with van der Waals surface area (Å²) in [5.41, 5.74) is 0. The third kappa shape index (κ3) is 4.60. The second kappa shape index (κ2) is 6.45. The number of nitrogens with one attached hydrogen (secondary N) is 2. The normalized spacial score (nSPS) is 23.7.